The average Bonchev–Trinajstić information content (AvgIpc) is 2.95. The van der Waals surface area contributed by atoms with Gasteiger partial charge in [0, 0.05) is 36.6 Å². The fourth-order valence-electron chi connectivity index (χ4n) is 3.54. The molecule has 3 rings (SSSR count). The molecule has 30 heavy (non-hydrogen) atoms. The molecule has 2 aromatic rings. The van der Waals surface area contributed by atoms with Gasteiger partial charge in [-0.2, -0.15) is 18.3 Å². The maximum absolute atomic E-state index is 12.8. The van der Waals surface area contributed by atoms with Gasteiger partial charge in [-0.05, 0) is 45.9 Å². The van der Waals surface area contributed by atoms with E-state index in [-0.39, 0.29) is 37.1 Å². The molecule has 1 amide bonds. The standard InChI is InChI=1S/C19H24F3N5O.2ClH/c1-12-16(9-18(28)26-8-4-5-15(11-26)23-3)13(2)27(25-12)17-7-6-14(10-24-17)19(20,21)22;;/h6-7,10,15,23H,4-5,8-9,11H2,1-3H3;2*1H. The summed E-state index contributed by atoms with van der Waals surface area (Å²) in [5.41, 5.74) is 1.37. The van der Waals surface area contributed by atoms with Gasteiger partial charge in [-0.25, -0.2) is 9.67 Å². The molecule has 11 heteroatoms. The van der Waals surface area contributed by atoms with Crippen LogP contribution < -0.4 is 5.32 Å². The van der Waals surface area contributed by atoms with E-state index in [0.717, 1.165) is 37.2 Å². The Balaban J connectivity index is 0.00000225. The van der Waals surface area contributed by atoms with Crippen LogP contribution in [0, 0.1) is 13.8 Å². The first-order valence-corrected chi connectivity index (χ1v) is 9.24. The highest BCUT2D eigenvalue weighted by atomic mass is 35.5. The van der Waals surface area contributed by atoms with Crippen molar-refractivity contribution in [2.24, 2.45) is 0 Å². The smallest absolute Gasteiger partial charge is 0.341 e. The van der Waals surface area contributed by atoms with Crippen LogP contribution in [-0.2, 0) is 17.4 Å². The maximum Gasteiger partial charge on any atom is 0.417 e. The minimum Gasteiger partial charge on any atom is -0.341 e. The highest BCUT2D eigenvalue weighted by Crippen LogP contribution is 2.29. The van der Waals surface area contributed by atoms with E-state index in [1.165, 1.54) is 10.7 Å². The summed E-state index contributed by atoms with van der Waals surface area (Å²) in [5, 5.41) is 7.61. The van der Waals surface area contributed by atoms with E-state index in [2.05, 4.69) is 15.4 Å². The van der Waals surface area contributed by atoms with Gasteiger partial charge in [0.05, 0.1) is 17.7 Å². The Morgan fingerprint density at radius 1 is 1.27 bits per heavy atom. The van der Waals surface area contributed by atoms with Gasteiger partial charge in [0.1, 0.15) is 0 Å². The Morgan fingerprint density at radius 2 is 1.97 bits per heavy atom. The third kappa shape index (κ3) is 5.65. The van der Waals surface area contributed by atoms with Gasteiger partial charge >= 0.3 is 6.18 Å². The summed E-state index contributed by atoms with van der Waals surface area (Å²) < 4.78 is 39.7. The van der Waals surface area contributed by atoms with Crippen molar-refractivity contribution >= 4 is 30.7 Å². The fraction of sp³-hybridized carbons (Fsp3) is 0.526. The van der Waals surface area contributed by atoms with E-state index in [1.54, 1.807) is 13.8 Å². The Bertz CT molecular complexity index is 855. The molecule has 1 unspecified atom stereocenters. The van der Waals surface area contributed by atoms with E-state index in [0.29, 0.717) is 29.8 Å². The minimum absolute atomic E-state index is 0. The summed E-state index contributed by atoms with van der Waals surface area (Å²) in [4.78, 5) is 18.5. The van der Waals surface area contributed by atoms with Crippen LogP contribution in [0.4, 0.5) is 13.2 Å². The van der Waals surface area contributed by atoms with Gasteiger partial charge in [-0.3, -0.25) is 4.79 Å². The molecule has 1 saturated heterocycles. The lowest BCUT2D eigenvalue weighted by Gasteiger charge is -2.32. The summed E-state index contributed by atoms with van der Waals surface area (Å²) in [6.45, 7) is 5.02. The zero-order valence-electron chi connectivity index (χ0n) is 17.0. The van der Waals surface area contributed by atoms with Crippen molar-refractivity contribution in [3.63, 3.8) is 0 Å². The van der Waals surface area contributed by atoms with Crippen molar-refractivity contribution in [1.29, 1.82) is 0 Å². The van der Waals surface area contributed by atoms with Crippen LogP contribution in [0.1, 0.15) is 35.4 Å². The molecule has 0 saturated carbocycles. The average molecular weight is 468 g/mol. The molecular weight excluding hydrogens is 442 g/mol. The predicted octanol–water partition coefficient (Wildman–Crippen LogP) is 3.50. The first-order chi connectivity index (χ1) is 13.2. The van der Waals surface area contributed by atoms with Crippen LogP contribution in [0.15, 0.2) is 18.3 Å². The molecule has 1 aliphatic rings. The number of likely N-dealkylation sites (N-methyl/N-ethyl adjacent to an activating group) is 1. The maximum atomic E-state index is 12.8. The van der Waals surface area contributed by atoms with Crippen molar-refractivity contribution < 1.29 is 18.0 Å². The van der Waals surface area contributed by atoms with Gasteiger partial charge in [0.2, 0.25) is 5.91 Å². The van der Waals surface area contributed by atoms with Crippen LogP contribution in [0.5, 0.6) is 0 Å². The minimum atomic E-state index is -4.43. The summed E-state index contributed by atoms with van der Waals surface area (Å²) >= 11 is 0. The van der Waals surface area contributed by atoms with E-state index < -0.39 is 11.7 Å². The highest BCUT2D eigenvalue weighted by Gasteiger charge is 2.31. The van der Waals surface area contributed by atoms with Crippen molar-refractivity contribution in [3.05, 3.63) is 40.8 Å². The van der Waals surface area contributed by atoms with Crippen molar-refractivity contribution in [2.75, 3.05) is 20.1 Å². The number of rotatable bonds is 4. The van der Waals surface area contributed by atoms with Gasteiger partial charge in [-0.1, -0.05) is 0 Å². The molecule has 0 spiro atoms. The topological polar surface area (TPSA) is 63.1 Å². The Morgan fingerprint density at radius 3 is 2.53 bits per heavy atom. The van der Waals surface area contributed by atoms with Crippen molar-refractivity contribution in [3.8, 4) is 5.82 Å². The number of nitrogens with zero attached hydrogens (tertiary/aromatic N) is 4. The lowest BCUT2D eigenvalue weighted by Crippen LogP contribution is -2.47. The molecule has 0 radical (unpaired) electrons. The largest absolute Gasteiger partial charge is 0.417 e. The third-order valence-electron chi connectivity index (χ3n) is 5.24. The number of hydrogen-bond donors (Lipinski definition) is 1. The Kier molecular flexibility index (Phi) is 9.13. The molecule has 1 atom stereocenters. The van der Waals surface area contributed by atoms with Gasteiger partial charge < -0.3 is 10.2 Å². The zero-order chi connectivity index (χ0) is 20.5. The summed E-state index contributed by atoms with van der Waals surface area (Å²) in [5.74, 6) is 0.326. The fourth-order valence-corrected chi connectivity index (χ4v) is 3.54. The number of likely N-dealkylation sites (tertiary alicyclic amines) is 1. The van der Waals surface area contributed by atoms with Crippen LogP contribution >= 0.6 is 24.8 Å². The van der Waals surface area contributed by atoms with Crippen LogP contribution in [0.2, 0.25) is 0 Å². The number of carbonyl (C=O) groups is 1. The zero-order valence-corrected chi connectivity index (χ0v) is 18.6. The molecule has 1 aliphatic heterocycles. The number of amides is 1. The predicted molar refractivity (Wildman–Crippen MR) is 113 cm³/mol. The number of hydrogen-bond acceptors (Lipinski definition) is 4. The monoisotopic (exact) mass is 467 g/mol. The van der Waals surface area contributed by atoms with Crippen LogP contribution in [0.25, 0.3) is 5.82 Å². The summed E-state index contributed by atoms with van der Waals surface area (Å²) in [6, 6.07) is 2.57. The Hall–Kier alpha value is -1.84. The van der Waals surface area contributed by atoms with E-state index in [4.69, 9.17) is 0 Å². The number of piperidine rings is 1. The highest BCUT2D eigenvalue weighted by molar-refractivity contribution is 5.85. The number of aromatic nitrogens is 3. The summed E-state index contributed by atoms with van der Waals surface area (Å²) in [6.07, 6.45) is -1.41. The second-order valence-electron chi connectivity index (χ2n) is 7.11. The van der Waals surface area contributed by atoms with Gasteiger partial charge in [-0.15, -0.1) is 24.8 Å². The molecule has 6 nitrogen and oxygen atoms in total. The first kappa shape index (κ1) is 26.2. The SMILES string of the molecule is CNC1CCCN(C(=O)Cc2c(C)nn(-c3ccc(C(F)(F)F)cn3)c2C)C1.Cl.Cl. The van der Waals surface area contributed by atoms with Crippen LogP contribution in [-0.4, -0.2) is 51.8 Å². The first-order valence-electron chi connectivity index (χ1n) is 9.24. The number of aryl methyl sites for hydroxylation is 1. The summed E-state index contributed by atoms with van der Waals surface area (Å²) in [7, 11) is 1.90. The second kappa shape index (κ2) is 10.5. The lowest BCUT2D eigenvalue weighted by atomic mass is 10.0. The van der Waals surface area contributed by atoms with Crippen molar-refractivity contribution in [1.82, 2.24) is 25.0 Å². The molecule has 0 bridgehead atoms. The number of pyridine rings is 1. The molecule has 0 aliphatic carbocycles. The molecule has 168 valence electrons. The Labute approximate surface area is 186 Å². The number of nitrogens with one attached hydrogen (secondary N) is 1. The van der Waals surface area contributed by atoms with E-state index >= 15 is 0 Å². The third-order valence-corrected chi connectivity index (χ3v) is 5.24. The molecule has 2 aromatic heterocycles. The quantitative estimate of drug-likeness (QED) is 0.747. The lowest BCUT2D eigenvalue weighted by molar-refractivity contribution is -0.137. The van der Waals surface area contributed by atoms with E-state index in [9.17, 15) is 18.0 Å². The number of halogens is 5. The normalized spacial score (nSPS) is 16.6. The molecule has 1 N–H and O–H groups in total. The number of carbonyl (C=O) groups excluding carboxylic acids is 1. The molecule has 3 heterocycles. The van der Waals surface area contributed by atoms with E-state index in [1.807, 2.05) is 11.9 Å². The van der Waals surface area contributed by atoms with Crippen LogP contribution in [0.3, 0.4) is 0 Å². The molecule has 1 fully saturated rings. The molecular formula is C19H26Cl2F3N5O. The van der Waals surface area contributed by atoms with Gasteiger partial charge in [0.15, 0.2) is 5.82 Å². The number of alkyl halides is 3. The van der Waals surface area contributed by atoms with Crippen molar-refractivity contribution in [2.45, 2.75) is 45.3 Å². The van der Waals surface area contributed by atoms with Gasteiger partial charge in [0.25, 0.3) is 0 Å². The molecule has 0 aromatic carbocycles. The second-order valence-corrected chi connectivity index (χ2v) is 7.11.